The Labute approximate surface area is 120 Å². The van der Waals surface area contributed by atoms with Crippen LogP contribution in [-0.4, -0.2) is 11.0 Å². The lowest BCUT2D eigenvalue weighted by Crippen LogP contribution is -2.08. The summed E-state index contributed by atoms with van der Waals surface area (Å²) in [4.78, 5) is 15.8. The molecule has 0 atom stereocenters. The third kappa shape index (κ3) is 3.89. The van der Waals surface area contributed by atoms with Gasteiger partial charge in [0.2, 0.25) is 0 Å². The molecule has 0 unspecified atom stereocenters. The van der Waals surface area contributed by atoms with Gasteiger partial charge in [0.05, 0.1) is 5.56 Å². The Morgan fingerprint density at radius 1 is 1.26 bits per heavy atom. The Bertz CT molecular complexity index is 567. The molecular weight excluding hydrogens is 306 g/mol. The summed E-state index contributed by atoms with van der Waals surface area (Å²) >= 11 is 3.27. The number of hydrogen-bond donors (Lipinski definition) is 0. The smallest absolute Gasteiger partial charge is 0.345 e. The molecular formula is C15H14BrNO2. The second-order valence-corrected chi connectivity index (χ2v) is 5.09. The SMILES string of the molecule is CCCc1ccc(OC(=O)c2cncc(Br)c2)cc1. The lowest BCUT2D eigenvalue weighted by molar-refractivity contribution is 0.0734. The van der Waals surface area contributed by atoms with E-state index in [2.05, 4.69) is 27.8 Å². The molecule has 0 saturated carbocycles. The lowest BCUT2D eigenvalue weighted by atomic mass is 10.1. The maximum atomic E-state index is 11.9. The van der Waals surface area contributed by atoms with Gasteiger partial charge in [-0.15, -0.1) is 0 Å². The molecule has 2 aromatic rings. The molecule has 0 amide bonds. The first kappa shape index (κ1) is 13.7. The van der Waals surface area contributed by atoms with E-state index < -0.39 is 5.97 Å². The Hall–Kier alpha value is -1.68. The summed E-state index contributed by atoms with van der Waals surface area (Å²) in [5.74, 6) is 0.141. The summed E-state index contributed by atoms with van der Waals surface area (Å²) in [6, 6.07) is 9.26. The molecule has 0 spiro atoms. The van der Waals surface area contributed by atoms with E-state index in [1.807, 2.05) is 24.3 Å². The number of halogens is 1. The van der Waals surface area contributed by atoms with Crippen LogP contribution in [0.4, 0.5) is 0 Å². The minimum absolute atomic E-state index is 0.406. The van der Waals surface area contributed by atoms with Crippen LogP contribution in [0.3, 0.4) is 0 Å². The van der Waals surface area contributed by atoms with Gasteiger partial charge in [-0.2, -0.15) is 0 Å². The van der Waals surface area contributed by atoms with Gasteiger partial charge in [0.25, 0.3) is 0 Å². The van der Waals surface area contributed by atoms with Crippen molar-refractivity contribution in [3.63, 3.8) is 0 Å². The fraction of sp³-hybridized carbons (Fsp3) is 0.200. The molecule has 0 bridgehead atoms. The van der Waals surface area contributed by atoms with Crippen molar-refractivity contribution in [3.8, 4) is 5.75 Å². The summed E-state index contributed by atoms with van der Waals surface area (Å²) in [6.45, 7) is 2.13. The standard InChI is InChI=1S/C15H14BrNO2/c1-2-3-11-4-6-14(7-5-11)19-15(18)12-8-13(16)10-17-9-12/h4-10H,2-3H2,1H3. The number of carbonyl (C=O) groups is 1. The second kappa shape index (κ2) is 6.48. The van der Waals surface area contributed by atoms with Crippen molar-refractivity contribution in [1.82, 2.24) is 4.98 Å². The van der Waals surface area contributed by atoms with E-state index in [1.54, 1.807) is 12.3 Å². The first-order valence-corrected chi connectivity index (χ1v) is 6.90. The number of carbonyl (C=O) groups excluding carboxylic acids is 1. The van der Waals surface area contributed by atoms with Gasteiger partial charge in [-0.25, -0.2) is 4.79 Å². The number of aromatic nitrogens is 1. The number of rotatable bonds is 4. The van der Waals surface area contributed by atoms with E-state index in [9.17, 15) is 4.79 Å². The van der Waals surface area contributed by atoms with Gasteiger partial charge < -0.3 is 4.74 Å². The van der Waals surface area contributed by atoms with Gasteiger partial charge in [0, 0.05) is 16.9 Å². The molecule has 1 aromatic heterocycles. The van der Waals surface area contributed by atoms with E-state index in [1.165, 1.54) is 11.8 Å². The second-order valence-electron chi connectivity index (χ2n) is 4.18. The Morgan fingerprint density at radius 2 is 2.00 bits per heavy atom. The molecule has 1 heterocycles. The van der Waals surface area contributed by atoms with Crippen LogP contribution in [-0.2, 0) is 6.42 Å². The average Bonchev–Trinajstić information content (AvgIpc) is 2.41. The monoisotopic (exact) mass is 319 g/mol. The molecule has 2 rings (SSSR count). The summed E-state index contributed by atoms with van der Waals surface area (Å²) in [5.41, 5.74) is 1.67. The van der Waals surface area contributed by atoms with E-state index in [-0.39, 0.29) is 0 Å². The van der Waals surface area contributed by atoms with E-state index in [4.69, 9.17) is 4.74 Å². The Kier molecular flexibility index (Phi) is 4.68. The van der Waals surface area contributed by atoms with Gasteiger partial charge in [-0.3, -0.25) is 4.98 Å². The van der Waals surface area contributed by atoms with Crippen LogP contribution in [0.2, 0.25) is 0 Å². The fourth-order valence-electron chi connectivity index (χ4n) is 1.70. The third-order valence-electron chi connectivity index (χ3n) is 2.61. The number of pyridine rings is 1. The van der Waals surface area contributed by atoms with E-state index >= 15 is 0 Å². The first-order chi connectivity index (χ1) is 9.19. The molecule has 3 nitrogen and oxygen atoms in total. The minimum Gasteiger partial charge on any atom is -0.423 e. The fourth-order valence-corrected chi connectivity index (χ4v) is 2.07. The molecule has 0 saturated heterocycles. The minimum atomic E-state index is -0.406. The van der Waals surface area contributed by atoms with Gasteiger partial charge in [-0.05, 0) is 46.1 Å². The van der Waals surface area contributed by atoms with E-state index in [0.29, 0.717) is 11.3 Å². The van der Waals surface area contributed by atoms with Crippen LogP contribution in [0.15, 0.2) is 47.2 Å². The zero-order valence-corrected chi connectivity index (χ0v) is 12.2. The van der Waals surface area contributed by atoms with Crippen LogP contribution in [0.5, 0.6) is 5.75 Å². The maximum Gasteiger partial charge on any atom is 0.345 e. The largest absolute Gasteiger partial charge is 0.423 e. The van der Waals surface area contributed by atoms with Crippen molar-refractivity contribution < 1.29 is 9.53 Å². The first-order valence-electron chi connectivity index (χ1n) is 6.10. The summed E-state index contributed by atoms with van der Waals surface area (Å²) in [5, 5.41) is 0. The van der Waals surface area contributed by atoms with Crippen LogP contribution in [0, 0.1) is 0 Å². The zero-order chi connectivity index (χ0) is 13.7. The quantitative estimate of drug-likeness (QED) is 0.631. The highest BCUT2D eigenvalue weighted by Gasteiger charge is 2.09. The van der Waals surface area contributed by atoms with Gasteiger partial charge in [0.1, 0.15) is 5.75 Å². The molecule has 4 heteroatoms. The topological polar surface area (TPSA) is 39.2 Å². The highest BCUT2D eigenvalue weighted by atomic mass is 79.9. The molecule has 0 radical (unpaired) electrons. The Morgan fingerprint density at radius 3 is 2.63 bits per heavy atom. The molecule has 0 fully saturated rings. The molecule has 1 aromatic carbocycles. The zero-order valence-electron chi connectivity index (χ0n) is 10.6. The van der Waals surface area contributed by atoms with Crippen LogP contribution in [0.1, 0.15) is 29.3 Å². The molecule has 0 aliphatic rings. The third-order valence-corrected chi connectivity index (χ3v) is 3.05. The molecule has 19 heavy (non-hydrogen) atoms. The Balaban J connectivity index is 2.06. The predicted molar refractivity (Wildman–Crippen MR) is 77.3 cm³/mol. The average molecular weight is 320 g/mol. The maximum absolute atomic E-state index is 11.9. The van der Waals surface area contributed by atoms with Crippen LogP contribution in [0.25, 0.3) is 0 Å². The summed E-state index contributed by atoms with van der Waals surface area (Å²) in [7, 11) is 0. The van der Waals surface area contributed by atoms with Crippen molar-refractivity contribution in [3.05, 3.63) is 58.3 Å². The van der Waals surface area contributed by atoms with Crippen molar-refractivity contribution in [2.45, 2.75) is 19.8 Å². The molecule has 0 N–H and O–H groups in total. The van der Waals surface area contributed by atoms with Crippen molar-refractivity contribution in [1.29, 1.82) is 0 Å². The predicted octanol–water partition coefficient (Wildman–Crippen LogP) is 4.02. The number of hydrogen-bond acceptors (Lipinski definition) is 3. The number of esters is 1. The molecule has 0 aliphatic heterocycles. The molecule has 98 valence electrons. The van der Waals surface area contributed by atoms with Crippen molar-refractivity contribution >= 4 is 21.9 Å². The normalized spacial score (nSPS) is 10.2. The van der Waals surface area contributed by atoms with Crippen LogP contribution >= 0.6 is 15.9 Å². The summed E-state index contributed by atoms with van der Waals surface area (Å²) in [6.07, 6.45) is 5.24. The van der Waals surface area contributed by atoms with Gasteiger partial charge in [0.15, 0.2) is 0 Å². The molecule has 0 aliphatic carbocycles. The highest BCUT2D eigenvalue weighted by Crippen LogP contribution is 2.16. The van der Waals surface area contributed by atoms with E-state index in [0.717, 1.165) is 17.3 Å². The van der Waals surface area contributed by atoms with Gasteiger partial charge in [-0.1, -0.05) is 25.5 Å². The van der Waals surface area contributed by atoms with Crippen LogP contribution < -0.4 is 4.74 Å². The number of nitrogens with zero attached hydrogens (tertiary/aromatic N) is 1. The highest BCUT2D eigenvalue weighted by molar-refractivity contribution is 9.10. The number of ether oxygens (including phenoxy) is 1. The summed E-state index contributed by atoms with van der Waals surface area (Å²) < 4.78 is 6.04. The van der Waals surface area contributed by atoms with Crippen molar-refractivity contribution in [2.75, 3.05) is 0 Å². The lowest BCUT2D eigenvalue weighted by Gasteiger charge is -2.05. The van der Waals surface area contributed by atoms with Gasteiger partial charge >= 0.3 is 5.97 Å². The number of aryl methyl sites for hydroxylation is 1. The number of benzene rings is 1. The van der Waals surface area contributed by atoms with Crippen molar-refractivity contribution in [2.24, 2.45) is 0 Å².